The maximum absolute atomic E-state index is 12.9. The van der Waals surface area contributed by atoms with Crippen LogP contribution in [0, 0.1) is 13.8 Å². The van der Waals surface area contributed by atoms with Crippen molar-refractivity contribution in [3.05, 3.63) is 89.2 Å². The molecule has 0 aliphatic carbocycles. The highest BCUT2D eigenvalue weighted by atomic mass is 16.2. The summed E-state index contributed by atoms with van der Waals surface area (Å²) in [7, 11) is 1.85. The van der Waals surface area contributed by atoms with E-state index in [0.717, 1.165) is 28.2 Å². The zero-order valence-electron chi connectivity index (χ0n) is 14.4. The number of carbonyl (C=O) groups excluding carboxylic acids is 1. The molecule has 0 spiro atoms. The summed E-state index contributed by atoms with van der Waals surface area (Å²) in [6.45, 7) is 4.65. The molecule has 0 aliphatic rings. The fraction of sp³-hybridized carbons (Fsp3) is 0.190. The highest BCUT2D eigenvalue weighted by Crippen LogP contribution is 2.22. The summed E-state index contributed by atoms with van der Waals surface area (Å²) < 4.78 is 2.13. The first kappa shape index (κ1) is 16.1. The lowest BCUT2D eigenvalue weighted by Gasteiger charge is -2.17. The standard InChI is InChI=1S/C21H22N2O/c1-16-14-20(17(2)23(16)19-12-8-5-9-13-19)21(24)22(3)15-18-10-6-4-7-11-18/h4-14H,15H2,1-3H3. The minimum absolute atomic E-state index is 0.0501. The highest BCUT2D eigenvalue weighted by Gasteiger charge is 2.19. The molecule has 1 aromatic heterocycles. The van der Waals surface area contributed by atoms with Crippen LogP contribution in [0.3, 0.4) is 0 Å². The SMILES string of the molecule is Cc1cc(C(=O)N(C)Cc2ccccc2)c(C)n1-c1ccccc1. The Labute approximate surface area is 143 Å². The average molecular weight is 318 g/mol. The summed E-state index contributed by atoms with van der Waals surface area (Å²) in [5.41, 5.74) is 5.01. The summed E-state index contributed by atoms with van der Waals surface area (Å²) in [5, 5.41) is 0. The molecular weight excluding hydrogens is 296 g/mol. The van der Waals surface area contributed by atoms with Crippen LogP contribution in [0.2, 0.25) is 0 Å². The van der Waals surface area contributed by atoms with Gasteiger partial charge in [0, 0.05) is 30.7 Å². The first-order valence-electron chi connectivity index (χ1n) is 8.11. The normalized spacial score (nSPS) is 10.6. The predicted molar refractivity (Wildman–Crippen MR) is 97.5 cm³/mol. The Kier molecular flexibility index (Phi) is 4.52. The van der Waals surface area contributed by atoms with Crippen molar-refractivity contribution >= 4 is 5.91 Å². The van der Waals surface area contributed by atoms with Crippen molar-refractivity contribution < 1.29 is 4.79 Å². The van der Waals surface area contributed by atoms with Crippen molar-refractivity contribution in [3.63, 3.8) is 0 Å². The van der Waals surface area contributed by atoms with E-state index in [0.29, 0.717) is 6.54 Å². The molecule has 3 heteroatoms. The van der Waals surface area contributed by atoms with Gasteiger partial charge in [-0.3, -0.25) is 4.79 Å². The lowest BCUT2D eigenvalue weighted by molar-refractivity contribution is 0.0784. The smallest absolute Gasteiger partial charge is 0.255 e. The van der Waals surface area contributed by atoms with Crippen LogP contribution >= 0.6 is 0 Å². The zero-order chi connectivity index (χ0) is 17.1. The largest absolute Gasteiger partial charge is 0.337 e. The molecule has 0 fully saturated rings. The van der Waals surface area contributed by atoms with Gasteiger partial charge in [-0.1, -0.05) is 48.5 Å². The van der Waals surface area contributed by atoms with Gasteiger partial charge in [0.15, 0.2) is 0 Å². The Morgan fingerprint density at radius 2 is 1.54 bits per heavy atom. The van der Waals surface area contributed by atoms with Gasteiger partial charge < -0.3 is 9.47 Å². The van der Waals surface area contributed by atoms with Gasteiger partial charge in [-0.25, -0.2) is 0 Å². The van der Waals surface area contributed by atoms with Crippen LogP contribution in [0.25, 0.3) is 5.69 Å². The molecule has 0 aliphatic heterocycles. The zero-order valence-corrected chi connectivity index (χ0v) is 14.4. The Balaban J connectivity index is 1.88. The number of amides is 1. The number of rotatable bonds is 4. The molecule has 1 heterocycles. The molecule has 0 N–H and O–H groups in total. The maximum atomic E-state index is 12.9. The van der Waals surface area contributed by atoms with Crippen molar-refractivity contribution in [1.82, 2.24) is 9.47 Å². The van der Waals surface area contributed by atoms with Gasteiger partial charge in [-0.05, 0) is 37.6 Å². The van der Waals surface area contributed by atoms with Crippen LogP contribution in [-0.2, 0) is 6.54 Å². The molecule has 0 unspecified atom stereocenters. The van der Waals surface area contributed by atoms with E-state index in [-0.39, 0.29) is 5.91 Å². The molecule has 24 heavy (non-hydrogen) atoms. The second-order valence-electron chi connectivity index (χ2n) is 6.10. The lowest BCUT2D eigenvalue weighted by Crippen LogP contribution is -2.26. The quantitative estimate of drug-likeness (QED) is 0.701. The molecule has 3 aromatic rings. The van der Waals surface area contributed by atoms with Gasteiger partial charge in [0.25, 0.3) is 5.91 Å². The van der Waals surface area contributed by atoms with Crippen LogP contribution in [0.15, 0.2) is 66.7 Å². The van der Waals surface area contributed by atoms with Crippen LogP contribution in [-0.4, -0.2) is 22.4 Å². The highest BCUT2D eigenvalue weighted by molar-refractivity contribution is 5.95. The molecule has 0 saturated carbocycles. The molecule has 0 radical (unpaired) electrons. The summed E-state index contributed by atoms with van der Waals surface area (Å²) >= 11 is 0. The van der Waals surface area contributed by atoms with Crippen LogP contribution in [0.5, 0.6) is 0 Å². The van der Waals surface area contributed by atoms with Gasteiger partial charge in [0.1, 0.15) is 0 Å². The molecular formula is C21H22N2O. The summed E-state index contributed by atoms with van der Waals surface area (Å²) in [5.74, 6) is 0.0501. The van der Waals surface area contributed by atoms with E-state index in [2.05, 4.69) is 16.7 Å². The number of hydrogen-bond acceptors (Lipinski definition) is 1. The first-order chi connectivity index (χ1) is 11.6. The maximum Gasteiger partial charge on any atom is 0.255 e. The van der Waals surface area contributed by atoms with E-state index in [1.165, 1.54) is 0 Å². The van der Waals surface area contributed by atoms with E-state index in [1.807, 2.05) is 75.5 Å². The molecule has 1 amide bonds. The number of para-hydroxylation sites is 1. The van der Waals surface area contributed by atoms with E-state index in [1.54, 1.807) is 4.90 Å². The molecule has 3 nitrogen and oxygen atoms in total. The van der Waals surface area contributed by atoms with Crippen molar-refractivity contribution in [2.24, 2.45) is 0 Å². The van der Waals surface area contributed by atoms with Gasteiger partial charge in [-0.2, -0.15) is 0 Å². The van der Waals surface area contributed by atoms with Gasteiger partial charge in [0.2, 0.25) is 0 Å². The van der Waals surface area contributed by atoms with Gasteiger partial charge in [0.05, 0.1) is 5.56 Å². The molecule has 2 aromatic carbocycles. The summed E-state index contributed by atoms with van der Waals surface area (Å²) in [4.78, 5) is 14.6. The monoisotopic (exact) mass is 318 g/mol. The molecule has 0 atom stereocenters. The number of aromatic nitrogens is 1. The fourth-order valence-electron chi connectivity index (χ4n) is 3.09. The third-order valence-corrected chi connectivity index (χ3v) is 4.29. The minimum atomic E-state index is 0.0501. The average Bonchev–Trinajstić information content (AvgIpc) is 2.90. The van der Waals surface area contributed by atoms with Crippen molar-refractivity contribution in [2.45, 2.75) is 20.4 Å². The Hall–Kier alpha value is -2.81. The summed E-state index contributed by atoms with van der Waals surface area (Å²) in [6, 6.07) is 22.2. The van der Waals surface area contributed by atoms with E-state index in [4.69, 9.17) is 0 Å². The Morgan fingerprint density at radius 1 is 0.958 bits per heavy atom. The fourth-order valence-corrected chi connectivity index (χ4v) is 3.09. The van der Waals surface area contributed by atoms with Crippen LogP contribution < -0.4 is 0 Å². The number of nitrogens with zero attached hydrogens (tertiary/aromatic N) is 2. The predicted octanol–water partition coefficient (Wildman–Crippen LogP) is 4.37. The Bertz CT molecular complexity index is 835. The number of benzene rings is 2. The van der Waals surface area contributed by atoms with E-state index in [9.17, 15) is 4.79 Å². The molecule has 122 valence electrons. The van der Waals surface area contributed by atoms with E-state index < -0.39 is 0 Å². The van der Waals surface area contributed by atoms with Crippen LogP contribution in [0.1, 0.15) is 27.3 Å². The number of hydrogen-bond donors (Lipinski definition) is 0. The first-order valence-corrected chi connectivity index (χ1v) is 8.11. The van der Waals surface area contributed by atoms with E-state index >= 15 is 0 Å². The third kappa shape index (κ3) is 3.11. The van der Waals surface area contributed by atoms with Crippen molar-refractivity contribution in [3.8, 4) is 5.69 Å². The van der Waals surface area contributed by atoms with Gasteiger partial charge in [-0.15, -0.1) is 0 Å². The minimum Gasteiger partial charge on any atom is -0.337 e. The van der Waals surface area contributed by atoms with Crippen molar-refractivity contribution in [2.75, 3.05) is 7.05 Å². The van der Waals surface area contributed by atoms with Crippen molar-refractivity contribution in [1.29, 1.82) is 0 Å². The summed E-state index contributed by atoms with van der Waals surface area (Å²) in [6.07, 6.45) is 0. The van der Waals surface area contributed by atoms with Crippen LogP contribution in [0.4, 0.5) is 0 Å². The molecule has 3 rings (SSSR count). The second kappa shape index (κ2) is 6.75. The lowest BCUT2D eigenvalue weighted by atomic mass is 10.2. The second-order valence-corrected chi connectivity index (χ2v) is 6.10. The number of aryl methyl sites for hydroxylation is 1. The van der Waals surface area contributed by atoms with Gasteiger partial charge >= 0.3 is 0 Å². The topological polar surface area (TPSA) is 25.2 Å². The molecule has 0 saturated heterocycles. The number of carbonyl (C=O) groups is 1. The Morgan fingerprint density at radius 3 is 2.17 bits per heavy atom. The third-order valence-electron chi connectivity index (χ3n) is 4.29. The molecule has 0 bridgehead atoms.